The van der Waals surface area contributed by atoms with Gasteiger partial charge in [0.2, 0.25) is 5.13 Å². The van der Waals surface area contributed by atoms with E-state index in [-0.39, 0.29) is 31.6 Å². The van der Waals surface area contributed by atoms with E-state index >= 15 is 0 Å². The molecule has 14 heteroatoms. The molecule has 3 heterocycles. The number of nitrogens with two attached hydrogens (primary N) is 1. The normalized spacial score (nSPS) is 11.2. The lowest BCUT2D eigenvalue weighted by molar-refractivity contribution is -0.384. The first kappa shape index (κ1) is 21.3. The second-order valence-electron chi connectivity index (χ2n) is 6.61. The number of hydrogen-bond acceptors (Lipinski definition) is 10. The lowest BCUT2D eigenvalue weighted by Gasteiger charge is -2.11. The first-order valence-electron chi connectivity index (χ1n) is 9.13. The van der Waals surface area contributed by atoms with Gasteiger partial charge in [-0.25, -0.2) is 9.55 Å². The highest BCUT2D eigenvalue weighted by molar-refractivity contribution is 7.71. The van der Waals surface area contributed by atoms with Crippen LogP contribution in [0.25, 0.3) is 31.7 Å². The van der Waals surface area contributed by atoms with Crippen molar-refractivity contribution < 1.29 is 4.92 Å². The van der Waals surface area contributed by atoms with Crippen molar-refractivity contribution in [3.8, 4) is 21.4 Å². The van der Waals surface area contributed by atoms with Gasteiger partial charge in [0.15, 0.2) is 20.6 Å². The Morgan fingerprint density at radius 2 is 1.88 bits per heavy atom. The Labute approximate surface area is 202 Å². The van der Waals surface area contributed by atoms with Gasteiger partial charge in [-0.15, -0.1) is 10.2 Å². The fraction of sp³-hybridized carbons (Fsp3) is 0. The molecule has 164 valence electrons. The molecule has 0 fully saturated rings. The number of nitro benzene ring substituents is 1. The molecule has 0 aliphatic carbocycles. The molecule has 0 aliphatic rings. The van der Waals surface area contributed by atoms with Crippen LogP contribution in [0.15, 0.2) is 53.3 Å². The van der Waals surface area contributed by atoms with E-state index in [4.69, 9.17) is 29.6 Å². The molecule has 5 rings (SSSR count). The van der Waals surface area contributed by atoms with Gasteiger partial charge in [0, 0.05) is 17.7 Å². The molecule has 0 unspecified atom stereocenters. The van der Waals surface area contributed by atoms with Crippen molar-refractivity contribution in [3.63, 3.8) is 0 Å². The number of nitrogens with zero attached hydrogens (tertiary/aromatic N) is 6. The zero-order valence-corrected chi connectivity index (χ0v) is 19.4. The fourth-order valence-corrected chi connectivity index (χ4v) is 5.53. The van der Waals surface area contributed by atoms with Crippen molar-refractivity contribution in [2.24, 2.45) is 0 Å². The monoisotopic (exact) mass is 515 g/mol. The Morgan fingerprint density at radius 3 is 2.64 bits per heavy atom. The second-order valence-corrected chi connectivity index (χ2v) is 9.37. The number of halogens is 1. The minimum absolute atomic E-state index is 0.0140. The molecule has 5 aromatic rings. The highest BCUT2D eigenvalue weighted by Gasteiger charge is 2.21. The maximum atomic E-state index is 13.3. The Morgan fingerprint density at radius 1 is 1.09 bits per heavy atom. The lowest BCUT2D eigenvalue weighted by atomic mass is 10.2. The number of hydrogen-bond donors (Lipinski definition) is 1. The molecule has 2 aromatic carbocycles. The zero-order valence-electron chi connectivity index (χ0n) is 16.2. The van der Waals surface area contributed by atoms with E-state index in [1.54, 1.807) is 18.2 Å². The Hall–Kier alpha value is -3.52. The third kappa shape index (κ3) is 3.60. The van der Waals surface area contributed by atoms with E-state index in [0.717, 1.165) is 11.3 Å². The number of aromatic nitrogens is 5. The number of anilines is 1. The van der Waals surface area contributed by atoms with Crippen LogP contribution in [0.1, 0.15) is 0 Å². The molecular formula is C19H10ClN7O3S3. The average molecular weight is 516 g/mol. The van der Waals surface area contributed by atoms with Crippen molar-refractivity contribution in [1.82, 2.24) is 24.3 Å². The van der Waals surface area contributed by atoms with Crippen LogP contribution in [0.3, 0.4) is 0 Å². The molecule has 0 atom stereocenters. The zero-order chi connectivity index (χ0) is 23.3. The maximum absolute atomic E-state index is 13.3. The lowest BCUT2D eigenvalue weighted by Crippen LogP contribution is -2.23. The van der Waals surface area contributed by atoms with Crippen LogP contribution in [0.4, 0.5) is 10.8 Å². The van der Waals surface area contributed by atoms with Crippen molar-refractivity contribution in [2.75, 3.05) is 5.73 Å². The van der Waals surface area contributed by atoms with E-state index in [0.29, 0.717) is 20.7 Å². The van der Waals surface area contributed by atoms with Crippen LogP contribution in [-0.4, -0.2) is 29.2 Å². The largest absolute Gasteiger partial charge is 0.375 e. The minimum atomic E-state index is -0.546. The molecule has 2 N–H and O–H groups in total. The van der Waals surface area contributed by atoms with Crippen molar-refractivity contribution in [2.45, 2.75) is 0 Å². The predicted octanol–water partition coefficient (Wildman–Crippen LogP) is 4.63. The average Bonchev–Trinajstić information content (AvgIpc) is 3.42. The highest BCUT2D eigenvalue weighted by Crippen LogP contribution is 2.33. The minimum Gasteiger partial charge on any atom is -0.375 e. The van der Waals surface area contributed by atoms with Crippen molar-refractivity contribution >= 4 is 67.7 Å². The van der Waals surface area contributed by atoms with E-state index in [1.807, 2.05) is 12.1 Å². The molecular weight excluding hydrogens is 506 g/mol. The topological polar surface area (TPSA) is 135 Å². The quantitative estimate of drug-likeness (QED) is 0.208. The van der Waals surface area contributed by atoms with E-state index in [2.05, 4.69) is 15.2 Å². The van der Waals surface area contributed by atoms with Crippen molar-refractivity contribution in [1.29, 1.82) is 0 Å². The molecule has 33 heavy (non-hydrogen) atoms. The van der Waals surface area contributed by atoms with Crippen LogP contribution in [0.2, 0.25) is 5.02 Å². The fourth-order valence-electron chi connectivity index (χ4n) is 3.19. The number of rotatable bonds is 4. The van der Waals surface area contributed by atoms with Crippen LogP contribution in [0, 0.1) is 14.9 Å². The van der Waals surface area contributed by atoms with Gasteiger partial charge in [-0.3, -0.25) is 19.5 Å². The molecule has 0 bridgehead atoms. The summed E-state index contributed by atoms with van der Waals surface area (Å²) in [6.45, 7) is 0. The van der Waals surface area contributed by atoms with Gasteiger partial charge >= 0.3 is 0 Å². The summed E-state index contributed by atoms with van der Waals surface area (Å²) in [6.07, 6.45) is 0. The molecule has 0 amide bonds. The summed E-state index contributed by atoms with van der Waals surface area (Å²) in [5.41, 5.74) is 6.39. The van der Waals surface area contributed by atoms with Gasteiger partial charge in [-0.1, -0.05) is 58.5 Å². The number of nitrogen functional groups attached to an aromatic ring is 1. The Balaban J connectivity index is 1.80. The van der Waals surface area contributed by atoms with Gasteiger partial charge in [0.05, 0.1) is 15.6 Å². The van der Waals surface area contributed by atoms with E-state index in [1.165, 1.54) is 38.7 Å². The predicted molar refractivity (Wildman–Crippen MR) is 130 cm³/mol. The molecule has 0 saturated heterocycles. The number of thiazole rings is 1. The van der Waals surface area contributed by atoms with Gasteiger partial charge in [-0.2, -0.15) is 0 Å². The summed E-state index contributed by atoms with van der Waals surface area (Å²) in [7, 11) is 0. The summed E-state index contributed by atoms with van der Waals surface area (Å²) in [6, 6.07) is 12.8. The molecule has 10 nitrogen and oxygen atoms in total. The summed E-state index contributed by atoms with van der Waals surface area (Å²) < 4.78 is 2.91. The van der Waals surface area contributed by atoms with Crippen LogP contribution >= 0.6 is 46.5 Å². The highest BCUT2D eigenvalue weighted by atomic mass is 35.5. The number of fused-ring (bicyclic) bond motifs is 1. The molecule has 0 radical (unpaired) electrons. The summed E-state index contributed by atoms with van der Waals surface area (Å²) in [5.74, 6) is 0. The van der Waals surface area contributed by atoms with Gasteiger partial charge in [0.1, 0.15) is 4.70 Å². The van der Waals surface area contributed by atoms with Crippen LogP contribution in [-0.2, 0) is 0 Å². The van der Waals surface area contributed by atoms with Gasteiger partial charge < -0.3 is 5.73 Å². The number of non-ortho nitro benzene ring substituents is 1. The van der Waals surface area contributed by atoms with Crippen LogP contribution < -0.4 is 11.3 Å². The second kappa shape index (κ2) is 8.12. The molecule has 0 aliphatic heterocycles. The van der Waals surface area contributed by atoms with Crippen LogP contribution in [0.5, 0.6) is 0 Å². The van der Waals surface area contributed by atoms with E-state index in [9.17, 15) is 14.9 Å². The SMILES string of the molecule is Nc1nc2c(s1)c(=O)n(-c1cccc([N+](=O)[O-])c1)c(=S)n2-c1nnc(-c2ccccc2Cl)s1. The smallest absolute Gasteiger partial charge is 0.278 e. The third-order valence-corrected chi connectivity index (χ3v) is 7.12. The Kier molecular flexibility index (Phi) is 5.25. The summed E-state index contributed by atoms with van der Waals surface area (Å²) in [5, 5.41) is 21.3. The molecule has 0 saturated carbocycles. The van der Waals surface area contributed by atoms with Crippen molar-refractivity contribution in [3.05, 3.63) is 78.8 Å². The molecule has 3 aromatic heterocycles. The third-order valence-electron chi connectivity index (χ3n) is 4.63. The Bertz CT molecular complexity index is 1690. The summed E-state index contributed by atoms with van der Waals surface area (Å²) >= 11 is 14.1. The first-order chi connectivity index (χ1) is 15.8. The van der Waals surface area contributed by atoms with Gasteiger partial charge in [0.25, 0.3) is 11.2 Å². The first-order valence-corrected chi connectivity index (χ1v) is 11.5. The van der Waals surface area contributed by atoms with E-state index < -0.39 is 10.5 Å². The molecule has 0 spiro atoms. The number of benzene rings is 2. The van der Waals surface area contributed by atoms with Gasteiger partial charge in [-0.05, 0) is 24.4 Å². The maximum Gasteiger partial charge on any atom is 0.278 e. The standard InChI is InChI=1S/C19H10ClN7O3S3/c20-12-7-2-1-6-11(12)15-23-24-18(33-15)26-14-13(32-17(21)22-14)16(28)25(19(26)31)9-4-3-5-10(8-9)27(29)30/h1-8H,(H2,21,22). The number of nitro groups is 1. The summed E-state index contributed by atoms with van der Waals surface area (Å²) in [4.78, 5) is 28.3.